The topological polar surface area (TPSA) is 115 Å². The fourth-order valence-corrected chi connectivity index (χ4v) is 3.47. The van der Waals surface area contributed by atoms with Crippen molar-refractivity contribution in [2.24, 2.45) is 0 Å². The van der Waals surface area contributed by atoms with Crippen LogP contribution >= 0.6 is 0 Å². The number of benzene rings is 2. The molecule has 0 aliphatic heterocycles. The highest BCUT2D eigenvalue weighted by Gasteiger charge is 2.18. The van der Waals surface area contributed by atoms with E-state index in [1.165, 1.54) is 28.4 Å². The summed E-state index contributed by atoms with van der Waals surface area (Å²) in [6, 6.07) is 9.88. The molecule has 1 aromatic heterocycles. The number of hydrogen-bond acceptors (Lipinski definition) is 9. The van der Waals surface area contributed by atoms with Gasteiger partial charge in [0.1, 0.15) is 0 Å². The smallest absolute Gasteiger partial charge is 0.232 e. The predicted molar refractivity (Wildman–Crippen MR) is 124 cm³/mol. The van der Waals surface area contributed by atoms with Crippen molar-refractivity contribution < 1.29 is 27.0 Å². The maximum absolute atomic E-state index is 14.5. The summed E-state index contributed by atoms with van der Waals surface area (Å²) in [5.41, 5.74) is 1.19. The number of anilines is 5. The van der Waals surface area contributed by atoms with Crippen molar-refractivity contribution in [3.8, 4) is 17.2 Å². The Hall–Kier alpha value is -3.80. The number of rotatable bonds is 9. The number of para-hydroxylation sites is 2. The molecule has 0 fully saturated rings. The highest BCUT2D eigenvalue weighted by molar-refractivity contribution is 7.92. The van der Waals surface area contributed by atoms with Crippen molar-refractivity contribution in [1.29, 1.82) is 0 Å². The molecule has 0 spiro atoms. The van der Waals surface area contributed by atoms with E-state index in [1.54, 1.807) is 36.4 Å². The summed E-state index contributed by atoms with van der Waals surface area (Å²) in [6.07, 6.45) is 2.08. The zero-order chi connectivity index (χ0) is 24.2. The molecule has 0 bridgehead atoms. The minimum absolute atomic E-state index is 0.0853. The van der Waals surface area contributed by atoms with Crippen LogP contribution in [0.2, 0.25) is 0 Å². The van der Waals surface area contributed by atoms with Crippen LogP contribution in [0.15, 0.2) is 42.6 Å². The van der Waals surface area contributed by atoms with Gasteiger partial charge in [-0.25, -0.2) is 17.8 Å². The van der Waals surface area contributed by atoms with E-state index in [-0.39, 0.29) is 11.8 Å². The number of aromatic nitrogens is 2. The first-order valence-corrected chi connectivity index (χ1v) is 11.4. The molecule has 0 saturated heterocycles. The van der Waals surface area contributed by atoms with E-state index in [0.717, 1.165) is 16.8 Å². The predicted octanol–water partition coefficient (Wildman–Crippen LogP) is 3.52. The quantitative estimate of drug-likeness (QED) is 0.478. The maximum Gasteiger partial charge on any atom is 0.232 e. The molecule has 0 unspecified atom stereocenters. The summed E-state index contributed by atoms with van der Waals surface area (Å²) in [4.78, 5) is 8.16. The number of nitrogens with one attached hydrogen (secondary N) is 2. The van der Waals surface area contributed by atoms with Gasteiger partial charge in [-0.3, -0.25) is 4.31 Å². The van der Waals surface area contributed by atoms with Gasteiger partial charge in [-0.1, -0.05) is 12.1 Å². The molecule has 33 heavy (non-hydrogen) atoms. The van der Waals surface area contributed by atoms with E-state index in [0.29, 0.717) is 34.3 Å². The van der Waals surface area contributed by atoms with Crippen LogP contribution in [0.3, 0.4) is 0 Å². The fourth-order valence-electron chi connectivity index (χ4n) is 2.96. The summed E-state index contributed by atoms with van der Waals surface area (Å²) >= 11 is 0. The van der Waals surface area contributed by atoms with Crippen molar-refractivity contribution in [1.82, 2.24) is 9.97 Å². The number of methoxy groups -OCH3 is 3. The van der Waals surface area contributed by atoms with Crippen LogP contribution in [-0.4, -0.2) is 53.0 Å². The molecule has 3 rings (SSSR count). The molecule has 1 heterocycles. The molecule has 2 N–H and O–H groups in total. The normalized spacial score (nSPS) is 11.0. The minimum atomic E-state index is -3.53. The summed E-state index contributed by atoms with van der Waals surface area (Å²) in [7, 11) is 2.35. The van der Waals surface area contributed by atoms with Gasteiger partial charge in [0, 0.05) is 24.9 Å². The third kappa shape index (κ3) is 5.34. The zero-order valence-corrected chi connectivity index (χ0v) is 19.5. The third-order valence-corrected chi connectivity index (χ3v) is 5.85. The van der Waals surface area contributed by atoms with Crippen LogP contribution in [-0.2, 0) is 10.0 Å². The number of nitrogens with zero attached hydrogens (tertiary/aromatic N) is 3. The van der Waals surface area contributed by atoms with Gasteiger partial charge in [-0.2, -0.15) is 4.98 Å². The van der Waals surface area contributed by atoms with Crippen molar-refractivity contribution in [3.63, 3.8) is 0 Å². The molecule has 0 amide bonds. The lowest BCUT2D eigenvalue weighted by Crippen LogP contribution is -2.25. The van der Waals surface area contributed by atoms with Gasteiger partial charge >= 0.3 is 0 Å². The maximum atomic E-state index is 14.5. The molecule has 0 aliphatic carbocycles. The van der Waals surface area contributed by atoms with Gasteiger partial charge in [0.25, 0.3) is 0 Å². The van der Waals surface area contributed by atoms with Gasteiger partial charge in [0.2, 0.25) is 21.7 Å². The summed E-state index contributed by atoms with van der Waals surface area (Å²) in [5.74, 6) is 0.466. The van der Waals surface area contributed by atoms with Gasteiger partial charge < -0.3 is 24.8 Å². The Morgan fingerprint density at radius 3 is 2.21 bits per heavy atom. The Kier molecular flexibility index (Phi) is 7.07. The highest BCUT2D eigenvalue weighted by atomic mass is 32.2. The lowest BCUT2D eigenvalue weighted by molar-refractivity contribution is 0.324. The Morgan fingerprint density at radius 2 is 1.64 bits per heavy atom. The Bertz CT molecular complexity index is 1230. The number of hydrogen-bond donors (Lipinski definition) is 2. The number of sulfonamides is 1. The Labute approximate surface area is 191 Å². The second-order valence-corrected chi connectivity index (χ2v) is 8.82. The first-order valence-electron chi connectivity index (χ1n) is 9.57. The SMILES string of the molecule is COc1cc(Nc2ncc(F)c(Nc3ccccc3N(C)S(C)(=O)=O)n2)cc(OC)c1OC. The number of halogens is 1. The van der Waals surface area contributed by atoms with Crippen LogP contribution in [0.25, 0.3) is 0 Å². The molecule has 176 valence electrons. The van der Waals surface area contributed by atoms with Gasteiger partial charge in [0.05, 0.1) is 45.2 Å². The van der Waals surface area contributed by atoms with Gasteiger partial charge in [0.15, 0.2) is 23.1 Å². The van der Waals surface area contributed by atoms with Crippen LogP contribution in [0.1, 0.15) is 0 Å². The van der Waals surface area contributed by atoms with Crippen LogP contribution in [0.5, 0.6) is 17.2 Å². The lowest BCUT2D eigenvalue weighted by Gasteiger charge is -2.21. The van der Waals surface area contributed by atoms with Crippen LogP contribution in [0, 0.1) is 5.82 Å². The second kappa shape index (κ2) is 9.77. The zero-order valence-electron chi connectivity index (χ0n) is 18.7. The lowest BCUT2D eigenvalue weighted by atomic mass is 10.2. The summed E-state index contributed by atoms with van der Waals surface area (Å²) < 4.78 is 55.5. The molecule has 10 nitrogen and oxygen atoms in total. The standard InChI is InChI=1S/C21H24FN5O5S/c1-27(33(5,28)29)16-9-7-6-8-15(16)25-20-14(22)12-23-21(26-20)24-13-10-17(30-2)19(32-4)18(11-13)31-3/h6-12H,1-5H3,(H2,23,24,25,26). The molecule has 0 atom stereocenters. The molecule has 12 heteroatoms. The molecule has 0 saturated carbocycles. The van der Waals surface area contributed by atoms with E-state index in [1.807, 2.05) is 0 Å². The second-order valence-electron chi connectivity index (χ2n) is 6.80. The van der Waals surface area contributed by atoms with Crippen molar-refractivity contribution in [3.05, 3.63) is 48.4 Å². The molecular weight excluding hydrogens is 453 g/mol. The minimum Gasteiger partial charge on any atom is -0.493 e. The molecular formula is C21H24FN5O5S. The Balaban J connectivity index is 1.94. The van der Waals surface area contributed by atoms with Crippen molar-refractivity contribution in [2.45, 2.75) is 0 Å². The summed E-state index contributed by atoms with van der Waals surface area (Å²) in [5, 5.41) is 5.81. The van der Waals surface area contributed by atoms with Gasteiger partial charge in [-0.15, -0.1) is 0 Å². The molecule has 3 aromatic rings. The highest BCUT2D eigenvalue weighted by Crippen LogP contribution is 2.40. The van der Waals surface area contributed by atoms with Crippen molar-refractivity contribution in [2.75, 3.05) is 49.6 Å². The van der Waals surface area contributed by atoms with E-state index < -0.39 is 15.8 Å². The van der Waals surface area contributed by atoms with E-state index in [2.05, 4.69) is 20.6 Å². The molecule has 0 aliphatic rings. The van der Waals surface area contributed by atoms with E-state index in [9.17, 15) is 12.8 Å². The van der Waals surface area contributed by atoms with Gasteiger partial charge in [-0.05, 0) is 12.1 Å². The average molecular weight is 478 g/mol. The van der Waals surface area contributed by atoms with E-state index in [4.69, 9.17) is 14.2 Å². The largest absolute Gasteiger partial charge is 0.493 e. The first kappa shape index (κ1) is 23.9. The average Bonchev–Trinajstić information content (AvgIpc) is 2.79. The van der Waals surface area contributed by atoms with Crippen LogP contribution < -0.4 is 29.1 Å². The number of ether oxygens (including phenoxy) is 3. The van der Waals surface area contributed by atoms with Crippen molar-refractivity contribution >= 4 is 38.9 Å². The van der Waals surface area contributed by atoms with Crippen LogP contribution in [0.4, 0.5) is 33.2 Å². The summed E-state index contributed by atoms with van der Waals surface area (Å²) in [6.45, 7) is 0. The Morgan fingerprint density at radius 1 is 1.00 bits per heavy atom. The fraction of sp³-hybridized carbons (Fsp3) is 0.238. The molecule has 0 radical (unpaired) electrons. The monoisotopic (exact) mass is 477 g/mol. The first-order chi connectivity index (χ1) is 15.7. The molecule has 2 aromatic carbocycles. The third-order valence-electron chi connectivity index (χ3n) is 4.66. The van der Waals surface area contributed by atoms with E-state index >= 15 is 0 Å².